The lowest BCUT2D eigenvalue weighted by atomic mass is 10.1. The minimum absolute atomic E-state index is 0.310. The monoisotopic (exact) mass is 450 g/mol. The van der Waals surface area contributed by atoms with Gasteiger partial charge in [0.25, 0.3) is 5.91 Å². The van der Waals surface area contributed by atoms with E-state index in [-0.39, 0.29) is 5.91 Å². The summed E-state index contributed by atoms with van der Waals surface area (Å²) >= 11 is 0. The van der Waals surface area contributed by atoms with E-state index in [0.29, 0.717) is 51.4 Å². The third-order valence-electron chi connectivity index (χ3n) is 4.93. The van der Waals surface area contributed by atoms with E-state index in [9.17, 15) is 4.79 Å². The minimum atomic E-state index is -0.385. The standard InChI is InChI=1S/C23H18N10O/c1-14-26-17(12-19(27-14)29-23(34)16-6-3-5-15(11-16)13-24)21-22(28-18-8-10-32(2)31-18)30-20-7-4-9-25-33(20)21/h3-12H,1-2H3,(H,28,31)(H,26,27,29,34). The van der Waals surface area contributed by atoms with Crippen LogP contribution in [0.15, 0.2) is 60.9 Å². The first-order valence-electron chi connectivity index (χ1n) is 10.3. The zero-order chi connectivity index (χ0) is 23.7. The van der Waals surface area contributed by atoms with Gasteiger partial charge in [-0.2, -0.15) is 15.5 Å². The van der Waals surface area contributed by atoms with E-state index in [1.54, 1.807) is 52.6 Å². The fourth-order valence-corrected chi connectivity index (χ4v) is 3.48. The smallest absolute Gasteiger partial charge is 0.256 e. The van der Waals surface area contributed by atoms with Crippen molar-refractivity contribution in [3.8, 4) is 17.5 Å². The highest BCUT2D eigenvalue weighted by Gasteiger charge is 2.19. The van der Waals surface area contributed by atoms with Crippen molar-refractivity contribution in [3.05, 3.63) is 77.9 Å². The van der Waals surface area contributed by atoms with Crippen LogP contribution in [0.5, 0.6) is 0 Å². The zero-order valence-corrected chi connectivity index (χ0v) is 18.3. The molecule has 1 amide bonds. The average Bonchev–Trinajstić information content (AvgIpc) is 3.41. The van der Waals surface area contributed by atoms with Crippen LogP contribution in [0.3, 0.4) is 0 Å². The van der Waals surface area contributed by atoms with Crippen LogP contribution in [0.25, 0.3) is 17.0 Å². The Bertz CT molecular complexity index is 1580. The lowest BCUT2D eigenvalue weighted by Crippen LogP contribution is -2.14. The Morgan fingerprint density at radius 3 is 2.74 bits per heavy atom. The van der Waals surface area contributed by atoms with Crippen LogP contribution in [-0.2, 0) is 7.05 Å². The van der Waals surface area contributed by atoms with E-state index in [1.807, 2.05) is 31.4 Å². The molecule has 0 radical (unpaired) electrons. The number of aryl methyl sites for hydroxylation is 2. The molecular formula is C23H18N10O. The number of hydrogen-bond donors (Lipinski definition) is 2. The van der Waals surface area contributed by atoms with Gasteiger partial charge in [-0.05, 0) is 37.3 Å². The van der Waals surface area contributed by atoms with Crippen molar-refractivity contribution in [2.24, 2.45) is 7.05 Å². The van der Waals surface area contributed by atoms with E-state index in [0.717, 1.165) is 0 Å². The summed E-state index contributed by atoms with van der Waals surface area (Å²) in [5.41, 5.74) is 2.47. The second kappa shape index (κ2) is 8.44. The number of nitriles is 1. The molecule has 5 rings (SSSR count). The molecular weight excluding hydrogens is 432 g/mol. The van der Waals surface area contributed by atoms with Gasteiger partial charge in [0.1, 0.15) is 17.3 Å². The van der Waals surface area contributed by atoms with Crippen molar-refractivity contribution in [1.29, 1.82) is 5.26 Å². The molecule has 0 unspecified atom stereocenters. The summed E-state index contributed by atoms with van der Waals surface area (Å²) in [5.74, 6) is 1.50. The summed E-state index contributed by atoms with van der Waals surface area (Å²) in [6, 6.07) is 15.6. The van der Waals surface area contributed by atoms with Crippen molar-refractivity contribution in [2.75, 3.05) is 10.6 Å². The first-order chi connectivity index (χ1) is 16.5. The highest BCUT2D eigenvalue weighted by atomic mass is 16.1. The molecule has 34 heavy (non-hydrogen) atoms. The molecule has 0 fully saturated rings. The quantitative estimate of drug-likeness (QED) is 0.416. The molecule has 166 valence electrons. The van der Waals surface area contributed by atoms with E-state index >= 15 is 0 Å². The molecule has 0 bridgehead atoms. The van der Waals surface area contributed by atoms with Gasteiger partial charge in [-0.15, -0.1) is 0 Å². The number of benzene rings is 1. The number of anilines is 3. The summed E-state index contributed by atoms with van der Waals surface area (Å²) in [7, 11) is 1.83. The number of fused-ring (bicyclic) bond motifs is 1. The van der Waals surface area contributed by atoms with E-state index in [2.05, 4.69) is 35.8 Å². The lowest BCUT2D eigenvalue weighted by Gasteiger charge is -2.09. The molecule has 11 nitrogen and oxygen atoms in total. The topological polar surface area (TPSA) is 139 Å². The van der Waals surface area contributed by atoms with Crippen LogP contribution >= 0.6 is 0 Å². The highest BCUT2D eigenvalue weighted by molar-refractivity contribution is 6.04. The molecule has 0 spiro atoms. The Kier molecular flexibility index (Phi) is 5.15. The average molecular weight is 450 g/mol. The molecule has 5 aromatic rings. The highest BCUT2D eigenvalue weighted by Crippen LogP contribution is 2.30. The summed E-state index contributed by atoms with van der Waals surface area (Å²) in [6.45, 7) is 1.73. The van der Waals surface area contributed by atoms with Gasteiger partial charge in [0.2, 0.25) is 0 Å². The third-order valence-corrected chi connectivity index (χ3v) is 4.93. The second-order valence-electron chi connectivity index (χ2n) is 7.43. The number of nitrogens with zero attached hydrogens (tertiary/aromatic N) is 8. The molecule has 1 aromatic carbocycles. The number of rotatable bonds is 5. The number of hydrogen-bond acceptors (Lipinski definition) is 8. The number of imidazole rings is 1. The van der Waals surface area contributed by atoms with E-state index < -0.39 is 0 Å². The lowest BCUT2D eigenvalue weighted by molar-refractivity contribution is 0.102. The first kappa shape index (κ1) is 20.8. The van der Waals surface area contributed by atoms with Gasteiger partial charge in [-0.3, -0.25) is 9.48 Å². The zero-order valence-electron chi connectivity index (χ0n) is 18.3. The van der Waals surface area contributed by atoms with E-state index in [1.165, 1.54) is 6.07 Å². The Balaban J connectivity index is 1.55. The largest absolute Gasteiger partial charge is 0.322 e. The van der Waals surface area contributed by atoms with Crippen LogP contribution in [0.2, 0.25) is 0 Å². The molecule has 0 saturated carbocycles. The maximum absolute atomic E-state index is 12.8. The maximum atomic E-state index is 12.8. The molecule has 0 aliphatic carbocycles. The van der Waals surface area contributed by atoms with Crippen LogP contribution in [0.4, 0.5) is 17.5 Å². The van der Waals surface area contributed by atoms with Crippen LogP contribution in [0, 0.1) is 18.3 Å². The summed E-state index contributed by atoms with van der Waals surface area (Å²) in [6.07, 6.45) is 3.47. The maximum Gasteiger partial charge on any atom is 0.256 e. The fourth-order valence-electron chi connectivity index (χ4n) is 3.48. The molecule has 0 aliphatic rings. The normalized spacial score (nSPS) is 10.7. The number of amides is 1. The third kappa shape index (κ3) is 4.03. The number of carbonyl (C=O) groups is 1. The Morgan fingerprint density at radius 1 is 1.06 bits per heavy atom. The molecule has 0 aliphatic heterocycles. The van der Waals surface area contributed by atoms with Crippen molar-refractivity contribution in [3.63, 3.8) is 0 Å². The Labute approximate surface area is 193 Å². The van der Waals surface area contributed by atoms with Crippen LogP contribution < -0.4 is 10.6 Å². The fraction of sp³-hybridized carbons (Fsp3) is 0.0870. The minimum Gasteiger partial charge on any atom is -0.322 e. The van der Waals surface area contributed by atoms with Gasteiger partial charge in [0, 0.05) is 37.1 Å². The van der Waals surface area contributed by atoms with Crippen molar-refractivity contribution in [2.45, 2.75) is 6.92 Å². The van der Waals surface area contributed by atoms with Crippen molar-refractivity contribution in [1.82, 2.24) is 34.3 Å². The molecule has 4 heterocycles. The van der Waals surface area contributed by atoms with Crippen LogP contribution in [0.1, 0.15) is 21.7 Å². The van der Waals surface area contributed by atoms with Crippen LogP contribution in [-0.4, -0.2) is 40.3 Å². The summed E-state index contributed by atoms with van der Waals surface area (Å²) < 4.78 is 3.34. The second-order valence-corrected chi connectivity index (χ2v) is 7.43. The first-order valence-corrected chi connectivity index (χ1v) is 10.3. The van der Waals surface area contributed by atoms with Gasteiger partial charge >= 0.3 is 0 Å². The SMILES string of the molecule is Cc1nc(NC(=O)c2cccc(C#N)c2)cc(-c2c(Nc3ccn(C)n3)nc3cccnn23)n1. The van der Waals surface area contributed by atoms with Gasteiger partial charge < -0.3 is 10.6 Å². The molecule has 11 heteroatoms. The number of aromatic nitrogens is 7. The van der Waals surface area contributed by atoms with Gasteiger partial charge in [0.15, 0.2) is 17.3 Å². The van der Waals surface area contributed by atoms with E-state index in [4.69, 9.17) is 5.26 Å². The Morgan fingerprint density at radius 2 is 1.94 bits per heavy atom. The molecule has 0 saturated heterocycles. The summed E-state index contributed by atoms with van der Waals surface area (Å²) in [4.78, 5) is 26.3. The number of carbonyl (C=O) groups excluding carboxylic acids is 1. The predicted octanol–water partition coefficient (Wildman–Crippen LogP) is 3.10. The summed E-state index contributed by atoms with van der Waals surface area (Å²) in [5, 5.41) is 23.9. The van der Waals surface area contributed by atoms with Crippen molar-refractivity contribution < 1.29 is 4.79 Å². The number of nitrogens with one attached hydrogen (secondary N) is 2. The molecule has 4 aromatic heterocycles. The predicted molar refractivity (Wildman–Crippen MR) is 124 cm³/mol. The molecule has 0 atom stereocenters. The molecule has 2 N–H and O–H groups in total. The van der Waals surface area contributed by atoms with Gasteiger partial charge in [-0.25, -0.2) is 19.5 Å². The Hall–Kier alpha value is -5.11. The van der Waals surface area contributed by atoms with Gasteiger partial charge in [-0.1, -0.05) is 6.07 Å². The van der Waals surface area contributed by atoms with Crippen molar-refractivity contribution >= 4 is 29.0 Å². The van der Waals surface area contributed by atoms with Gasteiger partial charge in [0.05, 0.1) is 17.3 Å².